The second-order valence-electron chi connectivity index (χ2n) is 5.93. The number of benzene rings is 2. The summed E-state index contributed by atoms with van der Waals surface area (Å²) in [5, 5.41) is 3.13. The molecule has 1 unspecified atom stereocenters. The largest absolute Gasteiger partial charge is 0.330 e. The smallest absolute Gasteiger partial charge is 0.256 e. The van der Waals surface area contributed by atoms with Gasteiger partial charge in [-0.2, -0.15) is 0 Å². The monoisotopic (exact) mass is 336 g/mol. The van der Waals surface area contributed by atoms with Crippen molar-refractivity contribution in [2.45, 2.75) is 13.0 Å². The Morgan fingerprint density at radius 2 is 1.83 bits per heavy atom. The Bertz CT molecular complexity index is 963. The quantitative estimate of drug-likeness (QED) is 0.673. The molecule has 0 fully saturated rings. The third kappa shape index (κ3) is 2.12. The lowest BCUT2D eigenvalue weighted by Crippen LogP contribution is -2.43. The number of carbonyl (C=O) groups is 2. The highest BCUT2D eigenvalue weighted by Gasteiger charge is 2.35. The van der Waals surface area contributed by atoms with Gasteiger partial charge in [0, 0.05) is 17.4 Å². The molecule has 24 heavy (non-hydrogen) atoms. The molecule has 0 bridgehead atoms. The van der Waals surface area contributed by atoms with Crippen LogP contribution in [0.15, 0.2) is 53.9 Å². The number of fused-ring (bicyclic) bond motifs is 2. The zero-order valence-corrected chi connectivity index (χ0v) is 14.2. The average molecular weight is 336 g/mol. The fourth-order valence-electron chi connectivity index (χ4n) is 3.05. The highest BCUT2D eigenvalue weighted by molar-refractivity contribution is 7.17. The zero-order chi connectivity index (χ0) is 16.8. The molecule has 0 saturated heterocycles. The molecule has 0 spiro atoms. The summed E-state index contributed by atoms with van der Waals surface area (Å²) in [6, 6.07) is 14.8. The van der Waals surface area contributed by atoms with Crippen molar-refractivity contribution in [1.82, 2.24) is 4.90 Å². The van der Waals surface area contributed by atoms with Gasteiger partial charge in [0.1, 0.15) is 6.04 Å². The number of carbonyl (C=O) groups excluding carboxylic acids is 2. The van der Waals surface area contributed by atoms with Gasteiger partial charge in [0.2, 0.25) is 0 Å². The summed E-state index contributed by atoms with van der Waals surface area (Å²) in [4.78, 5) is 28.9. The molecule has 2 amide bonds. The van der Waals surface area contributed by atoms with Crippen LogP contribution < -0.4 is 4.90 Å². The van der Waals surface area contributed by atoms with Crippen LogP contribution in [-0.2, 0) is 4.79 Å². The number of rotatable bonds is 1. The number of likely N-dealkylation sites (N-methyl/N-ethyl adjacent to an activating group) is 1. The first kappa shape index (κ1) is 14.9. The molecular weight excluding hydrogens is 320 g/mol. The molecule has 4 nitrogen and oxygen atoms in total. The van der Waals surface area contributed by atoms with E-state index >= 15 is 0 Å². The number of anilines is 2. The van der Waals surface area contributed by atoms with Gasteiger partial charge in [-0.1, -0.05) is 12.1 Å². The molecule has 5 heteroatoms. The number of thiophene rings is 1. The van der Waals surface area contributed by atoms with Crippen LogP contribution in [-0.4, -0.2) is 29.8 Å². The average Bonchev–Trinajstić information content (AvgIpc) is 3.05. The maximum absolute atomic E-state index is 13.1. The van der Waals surface area contributed by atoms with Gasteiger partial charge in [0.05, 0.1) is 11.3 Å². The van der Waals surface area contributed by atoms with Crippen LogP contribution in [0.2, 0.25) is 0 Å². The molecule has 2 heterocycles. The first-order valence-corrected chi connectivity index (χ1v) is 8.63. The van der Waals surface area contributed by atoms with Crippen molar-refractivity contribution in [2.75, 3.05) is 11.9 Å². The summed E-state index contributed by atoms with van der Waals surface area (Å²) in [5.41, 5.74) is 1.97. The fraction of sp³-hybridized carbons (Fsp3) is 0.158. The fourth-order valence-corrected chi connectivity index (χ4v) is 3.82. The molecule has 0 saturated carbocycles. The van der Waals surface area contributed by atoms with Gasteiger partial charge < -0.3 is 4.90 Å². The summed E-state index contributed by atoms with van der Waals surface area (Å²) in [6.07, 6.45) is 0. The van der Waals surface area contributed by atoms with Crippen molar-refractivity contribution in [3.8, 4) is 0 Å². The highest BCUT2D eigenvalue weighted by Crippen LogP contribution is 2.35. The Balaban J connectivity index is 1.95. The first-order chi connectivity index (χ1) is 11.6. The minimum absolute atomic E-state index is 0.106. The van der Waals surface area contributed by atoms with Crippen molar-refractivity contribution in [1.29, 1.82) is 0 Å². The normalized spacial score (nSPS) is 18.0. The van der Waals surface area contributed by atoms with Gasteiger partial charge in [0.25, 0.3) is 11.8 Å². The van der Waals surface area contributed by atoms with Crippen LogP contribution in [0, 0.1) is 0 Å². The predicted molar refractivity (Wildman–Crippen MR) is 97.0 cm³/mol. The molecule has 2 aromatic carbocycles. The summed E-state index contributed by atoms with van der Waals surface area (Å²) in [7, 11) is 1.67. The van der Waals surface area contributed by atoms with E-state index in [-0.39, 0.29) is 11.8 Å². The molecule has 1 atom stereocenters. The Labute approximate surface area is 143 Å². The second kappa shape index (κ2) is 5.46. The molecule has 3 aromatic rings. The van der Waals surface area contributed by atoms with Gasteiger partial charge in [0.15, 0.2) is 0 Å². The molecule has 4 rings (SSSR count). The van der Waals surface area contributed by atoms with Crippen LogP contribution in [0.4, 0.5) is 11.4 Å². The topological polar surface area (TPSA) is 40.6 Å². The Kier molecular flexibility index (Phi) is 3.39. The predicted octanol–water partition coefficient (Wildman–Crippen LogP) is 4.04. The Hall–Kier alpha value is -2.66. The van der Waals surface area contributed by atoms with E-state index in [4.69, 9.17) is 0 Å². The van der Waals surface area contributed by atoms with Gasteiger partial charge in [-0.15, -0.1) is 11.3 Å². The number of amides is 2. The number of hydrogen-bond donors (Lipinski definition) is 0. The molecule has 0 N–H and O–H groups in total. The van der Waals surface area contributed by atoms with E-state index in [0.717, 1.165) is 11.1 Å². The van der Waals surface area contributed by atoms with E-state index < -0.39 is 6.04 Å². The Morgan fingerprint density at radius 1 is 1.04 bits per heavy atom. The van der Waals surface area contributed by atoms with Crippen LogP contribution in [0.5, 0.6) is 0 Å². The van der Waals surface area contributed by atoms with E-state index in [9.17, 15) is 9.59 Å². The van der Waals surface area contributed by atoms with Crippen LogP contribution in [0.1, 0.15) is 17.3 Å². The van der Waals surface area contributed by atoms with Gasteiger partial charge >= 0.3 is 0 Å². The van der Waals surface area contributed by atoms with E-state index in [1.54, 1.807) is 36.3 Å². The third-order valence-electron chi connectivity index (χ3n) is 4.55. The minimum atomic E-state index is -0.525. The minimum Gasteiger partial charge on any atom is -0.330 e. The SMILES string of the molecule is CC1C(=O)N(c2ccc3sccc3c2)c2ccccc2C(=O)N1C. The van der Waals surface area contributed by atoms with Gasteiger partial charge in [-0.25, -0.2) is 0 Å². The van der Waals surface area contributed by atoms with Crippen LogP contribution in [0.3, 0.4) is 0 Å². The number of hydrogen-bond acceptors (Lipinski definition) is 3. The van der Waals surface area contributed by atoms with E-state index in [0.29, 0.717) is 11.3 Å². The molecule has 1 aliphatic heterocycles. The van der Waals surface area contributed by atoms with Gasteiger partial charge in [-0.3, -0.25) is 14.5 Å². The lowest BCUT2D eigenvalue weighted by Gasteiger charge is -2.26. The van der Waals surface area contributed by atoms with E-state index in [1.807, 2.05) is 47.8 Å². The van der Waals surface area contributed by atoms with Crippen molar-refractivity contribution >= 4 is 44.6 Å². The maximum atomic E-state index is 13.1. The van der Waals surface area contributed by atoms with E-state index in [2.05, 4.69) is 0 Å². The van der Waals surface area contributed by atoms with Crippen molar-refractivity contribution < 1.29 is 9.59 Å². The molecule has 0 radical (unpaired) electrons. The van der Waals surface area contributed by atoms with Crippen molar-refractivity contribution in [3.63, 3.8) is 0 Å². The highest BCUT2D eigenvalue weighted by atomic mass is 32.1. The van der Waals surface area contributed by atoms with Gasteiger partial charge in [-0.05, 0) is 54.1 Å². The van der Waals surface area contributed by atoms with Crippen LogP contribution in [0.25, 0.3) is 10.1 Å². The summed E-state index contributed by atoms with van der Waals surface area (Å²) < 4.78 is 1.18. The Morgan fingerprint density at radius 3 is 2.67 bits per heavy atom. The molecule has 1 aromatic heterocycles. The van der Waals surface area contributed by atoms with Crippen molar-refractivity contribution in [2.24, 2.45) is 0 Å². The molecule has 0 aliphatic carbocycles. The maximum Gasteiger partial charge on any atom is 0.256 e. The summed E-state index contributed by atoms with van der Waals surface area (Å²) in [6.45, 7) is 1.77. The molecular formula is C19H16N2O2S. The molecule has 120 valence electrons. The third-order valence-corrected chi connectivity index (χ3v) is 5.45. The lowest BCUT2D eigenvalue weighted by atomic mass is 10.1. The number of nitrogens with zero attached hydrogens (tertiary/aromatic N) is 2. The second-order valence-corrected chi connectivity index (χ2v) is 6.87. The number of para-hydroxylation sites is 1. The molecule has 1 aliphatic rings. The lowest BCUT2D eigenvalue weighted by molar-refractivity contribution is -0.121. The van der Waals surface area contributed by atoms with Crippen molar-refractivity contribution in [3.05, 3.63) is 59.5 Å². The standard InChI is InChI=1S/C19H16N2O2S/c1-12-18(22)21(14-7-8-17-13(11-14)9-10-24-17)16-6-4-3-5-15(16)19(23)20(12)2/h3-12H,1-2H3. The zero-order valence-electron chi connectivity index (χ0n) is 13.4. The van der Waals surface area contributed by atoms with E-state index in [1.165, 1.54) is 9.60 Å². The summed E-state index contributed by atoms with van der Waals surface area (Å²) in [5.74, 6) is -0.240. The first-order valence-electron chi connectivity index (χ1n) is 7.75. The van der Waals surface area contributed by atoms with Crippen LogP contribution >= 0.6 is 11.3 Å². The summed E-state index contributed by atoms with van der Waals surface area (Å²) >= 11 is 1.67.